The molecule has 2 aromatic rings. The van der Waals surface area contributed by atoms with Gasteiger partial charge in [0.15, 0.2) is 0 Å². The third-order valence-corrected chi connectivity index (χ3v) is 2.59. The lowest BCUT2D eigenvalue weighted by Gasteiger charge is -2.11. The minimum absolute atomic E-state index is 0.226. The van der Waals surface area contributed by atoms with Gasteiger partial charge in [0.2, 0.25) is 0 Å². The molecule has 0 radical (unpaired) electrons. The summed E-state index contributed by atoms with van der Waals surface area (Å²) in [6.07, 6.45) is 3.50. The summed E-state index contributed by atoms with van der Waals surface area (Å²) in [5.41, 5.74) is 1.07. The Morgan fingerprint density at radius 3 is 3.12 bits per heavy atom. The Kier molecular flexibility index (Phi) is 3.31. The molecule has 86 valence electrons. The van der Waals surface area contributed by atoms with Crippen LogP contribution in [0.25, 0.3) is 0 Å². The number of nitrogens with one attached hydrogen (secondary N) is 2. The lowest BCUT2D eigenvalue weighted by atomic mass is 10.2. The van der Waals surface area contributed by atoms with Gasteiger partial charge in [0.1, 0.15) is 12.2 Å². The van der Waals surface area contributed by atoms with E-state index in [0.717, 1.165) is 18.1 Å². The first-order valence-electron chi connectivity index (χ1n) is 5.40. The number of H-pyrrole nitrogens is 1. The van der Waals surface area contributed by atoms with Crippen LogP contribution in [0, 0.1) is 0 Å². The van der Waals surface area contributed by atoms with Crippen molar-refractivity contribution in [2.45, 2.75) is 33.0 Å². The monoisotopic (exact) mass is 220 g/mol. The third kappa shape index (κ3) is 2.27. The highest BCUT2D eigenvalue weighted by molar-refractivity contribution is 5.03. The van der Waals surface area contributed by atoms with Crippen molar-refractivity contribution in [3.05, 3.63) is 30.1 Å². The summed E-state index contributed by atoms with van der Waals surface area (Å²) in [4.78, 5) is 0. The van der Waals surface area contributed by atoms with Gasteiger partial charge >= 0.3 is 0 Å². The second kappa shape index (κ2) is 4.89. The summed E-state index contributed by atoms with van der Waals surface area (Å²) in [7, 11) is 0. The van der Waals surface area contributed by atoms with Crippen LogP contribution in [0.4, 0.5) is 0 Å². The van der Waals surface area contributed by atoms with Crippen molar-refractivity contribution >= 4 is 0 Å². The largest absolute Gasteiger partial charge is 0.317 e. The highest BCUT2D eigenvalue weighted by Gasteiger charge is 2.08. The third-order valence-electron chi connectivity index (χ3n) is 2.59. The molecule has 16 heavy (non-hydrogen) atoms. The maximum Gasteiger partial charge on any atom is 0.146 e. The maximum absolute atomic E-state index is 4.06. The van der Waals surface area contributed by atoms with Gasteiger partial charge in [-0.3, -0.25) is 5.10 Å². The molecule has 2 rings (SSSR count). The zero-order valence-corrected chi connectivity index (χ0v) is 9.51. The van der Waals surface area contributed by atoms with Crippen LogP contribution in [-0.2, 0) is 13.1 Å². The molecule has 0 fully saturated rings. The van der Waals surface area contributed by atoms with Crippen LogP contribution >= 0.6 is 0 Å². The van der Waals surface area contributed by atoms with Crippen molar-refractivity contribution in [3.63, 3.8) is 0 Å². The molecular formula is C10H16N6. The van der Waals surface area contributed by atoms with Crippen LogP contribution in [-0.4, -0.2) is 25.0 Å². The summed E-state index contributed by atoms with van der Waals surface area (Å²) in [6, 6.07) is 2.19. The first kappa shape index (κ1) is 10.8. The van der Waals surface area contributed by atoms with E-state index in [-0.39, 0.29) is 6.04 Å². The van der Waals surface area contributed by atoms with Crippen molar-refractivity contribution in [1.82, 2.24) is 30.3 Å². The fourth-order valence-corrected chi connectivity index (χ4v) is 1.54. The molecule has 2 N–H and O–H groups in total. The molecule has 0 bridgehead atoms. The predicted molar refractivity (Wildman–Crippen MR) is 59.5 cm³/mol. The van der Waals surface area contributed by atoms with Crippen molar-refractivity contribution in [2.75, 3.05) is 0 Å². The predicted octanol–water partition coefficient (Wildman–Crippen LogP) is 0.872. The van der Waals surface area contributed by atoms with Crippen LogP contribution < -0.4 is 5.32 Å². The van der Waals surface area contributed by atoms with Gasteiger partial charge in [0.05, 0.1) is 12.2 Å². The first-order valence-corrected chi connectivity index (χ1v) is 5.40. The van der Waals surface area contributed by atoms with Gasteiger partial charge in [-0.15, -0.1) is 10.2 Å². The smallest absolute Gasteiger partial charge is 0.146 e. The molecule has 0 aliphatic carbocycles. The molecule has 1 unspecified atom stereocenters. The Morgan fingerprint density at radius 2 is 2.44 bits per heavy atom. The Balaban J connectivity index is 1.92. The SMILES string of the molecule is CCn1cnnc1CNC(C)c1ccn[nH]1. The molecule has 0 spiro atoms. The number of aromatic nitrogens is 5. The number of hydrogen-bond donors (Lipinski definition) is 2. The maximum atomic E-state index is 4.06. The lowest BCUT2D eigenvalue weighted by molar-refractivity contribution is 0.529. The van der Waals surface area contributed by atoms with Crippen molar-refractivity contribution in [3.8, 4) is 0 Å². The van der Waals surface area contributed by atoms with E-state index in [9.17, 15) is 0 Å². The van der Waals surface area contributed by atoms with Crippen LogP contribution in [0.5, 0.6) is 0 Å². The highest BCUT2D eigenvalue weighted by Crippen LogP contribution is 2.08. The fourth-order valence-electron chi connectivity index (χ4n) is 1.54. The molecule has 0 aromatic carbocycles. The number of nitrogens with zero attached hydrogens (tertiary/aromatic N) is 4. The van der Waals surface area contributed by atoms with Gasteiger partial charge in [-0.05, 0) is 19.9 Å². The average molecular weight is 220 g/mol. The van der Waals surface area contributed by atoms with Crippen LogP contribution in [0.15, 0.2) is 18.6 Å². The molecular weight excluding hydrogens is 204 g/mol. The number of aromatic amines is 1. The van der Waals surface area contributed by atoms with Crippen molar-refractivity contribution in [1.29, 1.82) is 0 Å². The van der Waals surface area contributed by atoms with Gasteiger partial charge in [-0.1, -0.05) is 0 Å². The Morgan fingerprint density at radius 1 is 1.56 bits per heavy atom. The Hall–Kier alpha value is -1.69. The van der Waals surface area contributed by atoms with Crippen molar-refractivity contribution < 1.29 is 0 Å². The fraction of sp³-hybridized carbons (Fsp3) is 0.500. The summed E-state index contributed by atoms with van der Waals surface area (Å²) >= 11 is 0. The second-order valence-corrected chi connectivity index (χ2v) is 3.65. The van der Waals surface area contributed by atoms with Gasteiger partial charge < -0.3 is 9.88 Å². The van der Waals surface area contributed by atoms with Gasteiger partial charge in [-0.25, -0.2) is 0 Å². The normalized spacial score (nSPS) is 12.9. The molecule has 2 aromatic heterocycles. The Labute approximate surface area is 94.1 Å². The van der Waals surface area contributed by atoms with E-state index in [0.29, 0.717) is 6.54 Å². The molecule has 1 atom stereocenters. The molecule has 2 heterocycles. The molecule has 0 saturated carbocycles. The van der Waals surface area contributed by atoms with Gasteiger partial charge in [0, 0.05) is 18.8 Å². The van der Waals surface area contributed by atoms with Crippen LogP contribution in [0.3, 0.4) is 0 Å². The number of hydrogen-bond acceptors (Lipinski definition) is 4. The average Bonchev–Trinajstić information content (AvgIpc) is 2.96. The van der Waals surface area contributed by atoms with E-state index in [1.165, 1.54) is 0 Å². The summed E-state index contributed by atoms with van der Waals surface area (Å²) < 4.78 is 2.02. The highest BCUT2D eigenvalue weighted by atomic mass is 15.3. The summed E-state index contributed by atoms with van der Waals surface area (Å²) in [6.45, 7) is 5.75. The quantitative estimate of drug-likeness (QED) is 0.784. The standard InChI is InChI=1S/C10H16N6/c1-3-16-7-13-15-10(16)6-11-8(2)9-4-5-12-14-9/h4-5,7-8,11H,3,6H2,1-2H3,(H,12,14). The molecule has 0 aliphatic heterocycles. The zero-order valence-electron chi connectivity index (χ0n) is 9.51. The van der Waals surface area contributed by atoms with Crippen LogP contribution in [0.2, 0.25) is 0 Å². The van der Waals surface area contributed by atoms with E-state index in [1.54, 1.807) is 12.5 Å². The Bertz CT molecular complexity index is 418. The van der Waals surface area contributed by atoms with Gasteiger partial charge in [0.25, 0.3) is 0 Å². The summed E-state index contributed by atoms with van der Waals surface area (Å²) in [5.74, 6) is 0.953. The minimum atomic E-state index is 0.226. The van der Waals surface area contributed by atoms with Crippen LogP contribution in [0.1, 0.15) is 31.4 Å². The zero-order chi connectivity index (χ0) is 11.4. The minimum Gasteiger partial charge on any atom is -0.317 e. The molecule has 0 saturated heterocycles. The number of rotatable bonds is 5. The molecule has 6 heteroatoms. The van der Waals surface area contributed by atoms with E-state index < -0.39 is 0 Å². The molecule has 6 nitrogen and oxygen atoms in total. The van der Waals surface area contributed by atoms with E-state index in [4.69, 9.17) is 0 Å². The topological polar surface area (TPSA) is 71.4 Å². The van der Waals surface area contributed by atoms with E-state index >= 15 is 0 Å². The van der Waals surface area contributed by atoms with Gasteiger partial charge in [-0.2, -0.15) is 5.10 Å². The lowest BCUT2D eigenvalue weighted by Crippen LogP contribution is -2.20. The first-order chi connectivity index (χ1) is 7.81. The van der Waals surface area contributed by atoms with E-state index in [2.05, 4.69) is 39.6 Å². The molecule has 0 aliphatic rings. The molecule has 0 amide bonds. The summed E-state index contributed by atoms with van der Waals surface area (Å²) in [5, 5.41) is 18.2. The number of aryl methyl sites for hydroxylation is 1. The van der Waals surface area contributed by atoms with Crippen molar-refractivity contribution in [2.24, 2.45) is 0 Å². The second-order valence-electron chi connectivity index (χ2n) is 3.65. The van der Waals surface area contributed by atoms with E-state index in [1.807, 2.05) is 10.6 Å².